The van der Waals surface area contributed by atoms with Gasteiger partial charge in [0.15, 0.2) is 5.82 Å². The summed E-state index contributed by atoms with van der Waals surface area (Å²) in [4.78, 5) is 0. The fourth-order valence-corrected chi connectivity index (χ4v) is 1.69. The third-order valence-electron chi connectivity index (χ3n) is 2.59. The third kappa shape index (κ3) is 2.02. The van der Waals surface area contributed by atoms with Crippen LogP contribution < -0.4 is 5.73 Å². The minimum atomic E-state index is 0.319. The molecule has 6 heteroatoms. The largest absolute Gasteiger partial charge is 0.382 e. The van der Waals surface area contributed by atoms with E-state index in [2.05, 4.69) is 21.4 Å². The van der Waals surface area contributed by atoms with Gasteiger partial charge in [-0.1, -0.05) is 13.3 Å². The Morgan fingerprint density at radius 1 is 1.39 bits per heavy atom. The van der Waals surface area contributed by atoms with Crippen LogP contribution in [0.25, 0.3) is 5.82 Å². The van der Waals surface area contributed by atoms with E-state index in [1.165, 1.54) is 4.68 Å². The van der Waals surface area contributed by atoms with Crippen LogP contribution in [0.4, 0.5) is 5.82 Å². The lowest BCUT2D eigenvalue weighted by atomic mass is 10.2. The molecule has 0 aliphatic carbocycles. The molecule has 0 spiro atoms. The molecule has 0 aliphatic heterocycles. The lowest BCUT2D eigenvalue weighted by Gasteiger charge is -2.01. The van der Waals surface area contributed by atoms with Gasteiger partial charge >= 0.3 is 0 Å². The van der Waals surface area contributed by atoms with Crippen molar-refractivity contribution in [2.75, 3.05) is 5.73 Å². The van der Waals surface area contributed by atoms with Gasteiger partial charge < -0.3 is 5.73 Å². The number of aromatic nitrogens is 4. The van der Waals surface area contributed by atoms with Crippen molar-refractivity contribution in [2.45, 2.75) is 26.7 Å². The number of hydrogen-bond acceptors (Lipinski definition) is 5. The van der Waals surface area contributed by atoms with Crippen molar-refractivity contribution in [3.05, 3.63) is 29.1 Å². The molecule has 2 heterocycles. The number of anilines is 1. The molecule has 2 aromatic heterocycles. The van der Waals surface area contributed by atoms with Gasteiger partial charge in [-0.2, -0.15) is 20.1 Å². The molecule has 2 N–H and O–H groups in total. The normalized spacial score (nSPS) is 10.3. The lowest BCUT2D eigenvalue weighted by Crippen LogP contribution is -2.06. The Hall–Kier alpha value is -2.42. The second kappa shape index (κ2) is 4.84. The van der Waals surface area contributed by atoms with Crippen molar-refractivity contribution in [3.8, 4) is 11.9 Å². The van der Waals surface area contributed by atoms with Crippen LogP contribution in [0.2, 0.25) is 0 Å². The summed E-state index contributed by atoms with van der Waals surface area (Å²) in [6.07, 6.45) is 1.63. The van der Waals surface area contributed by atoms with Gasteiger partial charge in [0.2, 0.25) is 0 Å². The zero-order valence-corrected chi connectivity index (χ0v) is 10.4. The zero-order valence-electron chi connectivity index (χ0n) is 10.4. The average Bonchev–Trinajstić information content (AvgIpc) is 2.67. The zero-order chi connectivity index (χ0) is 13.1. The molecule has 2 aromatic rings. The molecule has 2 rings (SSSR count). The summed E-state index contributed by atoms with van der Waals surface area (Å²) in [5.41, 5.74) is 7.88. The summed E-state index contributed by atoms with van der Waals surface area (Å²) >= 11 is 0. The predicted molar refractivity (Wildman–Crippen MR) is 67.0 cm³/mol. The van der Waals surface area contributed by atoms with Crippen molar-refractivity contribution < 1.29 is 0 Å². The molecule has 0 atom stereocenters. The molecule has 18 heavy (non-hydrogen) atoms. The van der Waals surface area contributed by atoms with E-state index in [0.717, 1.165) is 18.5 Å². The minimum absolute atomic E-state index is 0.319. The molecular formula is C12H14N6. The van der Waals surface area contributed by atoms with Crippen LogP contribution in [0.5, 0.6) is 0 Å². The van der Waals surface area contributed by atoms with Crippen LogP contribution in [0, 0.1) is 18.3 Å². The van der Waals surface area contributed by atoms with Crippen LogP contribution in [0.15, 0.2) is 12.1 Å². The minimum Gasteiger partial charge on any atom is -0.382 e. The van der Waals surface area contributed by atoms with Crippen molar-refractivity contribution >= 4 is 5.82 Å². The first-order chi connectivity index (χ1) is 8.67. The van der Waals surface area contributed by atoms with Gasteiger partial charge in [0.1, 0.15) is 17.5 Å². The first-order valence-electron chi connectivity index (χ1n) is 5.75. The SMILES string of the molecule is CCCc1nn(-c2ccc(C)nn2)c(N)c1C#N. The van der Waals surface area contributed by atoms with Crippen molar-refractivity contribution in [2.24, 2.45) is 0 Å². The fraction of sp³-hybridized carbons (Fsp3) is 0.333. The molecular weight excluding hydrogens is 228 g/mol. The van der Waals surface area contributed by atoms with Crippen LogP contribution in [-0.4, -0.2) is 20.0 Å². The smallest absolute Gasteiger partial charge is 0.178 e. The molecule has 0 bridgehead atoms. The standard InChI is InChI=1S/C12H14N6/c1-3-4-10-9(7-13)12(14)18(17-10)11-6-5-8(2)15-16-11/h5-6H,3-4,14H2,1-2H3. The Morgan fingerprint density at radius 3 is 2.72 bits per heavy atom. The molecule has 0 radical (unpaired) electrons. The number of nitrogens with two attached hydrogens (primary N) is 1. The van der Waals surface area contributed by atoms with Gasteiger partial charge in [0, 0.05) is 0 Å². The maximum Gasteiger partial charge on any atom is 0.178 e. The van der Waals surface area contributed by atoms with Gasteiger partial charge in [-0.25, -0.2) is 0 Å². The van der Waals surface area contributed by atoms with Crippen LogP contribution in [0.3, 0.4) is 0 Å². The van der Waals surface area contributed by atoms with Crippen molar-refractivity contribution in [1.29, 1.82) is 5.26 Å². The van der Waals surface area contributed by atoms with Gasteiger partial charge in [-0.3, -0.25) is 0 Å². The van der Waals surface area contributed by atoms with E-state index in [1.807, 2.05) is 19.9 Å². The van der Waals surface area contributed by atoms with Crippen molar-refractivity contribution in [3.63, 3.8) is 0 Å². The Bertz CT molecular complexity index is 590. The van der Waals surface area contributed by atoms with E-state index >= 15 is 0 Å². The molecule has 0 aliphatic rings. The first-order valence-corrected chi connectivity index (χ1v) is 5.75. The number of nitriles is 1. The van der Waals surface area contributed by atoms with Crippen LogP contribution in [-0.2, 0) is 6.42 Å². The summed E-state index contributed by atoms with van der Waals surface area (Å²) in [7, 11) is 0. The number of nitrogen functional groups attached to an aromatic ring is 1. The second-order valence-corrected chi connectivity index (χ2v) is 4.01. The molecule has 6 nitrogen and oxygen atoms in total. The molecule has 0 saturated carbocycles. The highest BCUT2D eigenvalue weighted by atomic mass is 15.4. The van der Waals surface area contributed by atoms with Gasteiger partial charge in [0.05, 0.1) is 11.4 Å². The second-order valence-electron chi connectivity index (χ2n) is 4.01. The Labute approximate surface area is 105 Å². The summed E-state index contributed by atoms with van der Waals surface area (Å²) in [5.74, 6) is 0.844. The highest BCUT2D eigenvalue weighted by molar-refractivity contribution is 5.55. The van der Waals surface area contributed by atoms with E-state index in [0.29, 0.717) is 22.9 Å². The molecule has 0 saturated heterocycles. The van der Waals surface area contributed by atoms with Gasteiger partial charge in [-0.05, 0) is 25.5 Å². The average molecular weight is 242 g/mol. The number of nitrogens with zero attached hydrogens (tertiary/aromatic N) is 5. The summed E-state index contributed by atoms with van der Waals surface area (Å²) in [5, 5.41) is 21.4. The summed E-state index contributed by atoms with van der Waals surface area (Å²) in [6.45, 7) is 3.88. The van der Waals surface area contributed by atoms with Crippen LogP contribution >= 0.6 is 0 Å². The Balaban J connectivity index is 2.52. The quantitative estimate of drug-likeness (QED) is 0.877. The van der Waals surface area contributed by atoms with Crippen LogP contribution in [0.1, 0.15) is 30.3 Å². The van der Waals surface area contributed by atoms with Gasteiger partial charge in [0.25, 0.3) is 0 Å². The maximum absolute atomic E-state index is 9.11. The van der Waals surface area contributed by atoms with E-state index < -0.39 is 0 Å². The lowest BCUT2D eigenvalue weighted by molar-refractivity contribution is 0.775. The number of hydrogen-bond donors (Lipinski definition) is 1. The molecule has 0 aromatic carbocycles. The monoisotopic (exact) mass is 242 g/mol. The van der Waals surface area contributed by atoms with E-state index in [9.17, 15) is 0 Å². The Kier molecular flexibility index (Phi) is 3.24. The first kappa shape index (κ1) is 12.0. The highest BCUT2D eigenvalue weighted by Crippen LogP contribution is 2.20. The fourth-order valence-electron chi connectivity index (χ4n) is 1.69. The topological polar surface area (TPSA) is 93.4 Å². The molecule has 92 valence electrons. The molecule has 0 fully saturated rings. The summed E-state index contributed by atoms with van der Waals surface area (Å²) in [6, 6.07) is 5.70. The van der Waals surface area contributed by atoms with Gasteiger partial charge in [-0.15, -0.1) is 5.10 Å². The molecule has 0 amide bonds. The highest BCUT2D eigenvalue weighted by Gasteiger charge is 2.16. The van der Waals surface area contributed by atoms with E-state index in [-0.39, 0.29) is 0 Å². The summed E-state index contributed by atoms with van der Waals surface area (Å²) < 4.78 is 1.47. The number of rotatable bonds is 3. The third-order valence-corrected chi connectivity index (χ3v) is 2.59. The van der Waals surface area contributed by atoms with E-state index in [4.69, 9.17) is 11.0 Å². The van der Waals surface area contributed by atoms with Crippen molar-refractivity contribution in [1.82, 2.24) is 20.0 Å². The Morgan fingerprint density at radius 2 is 2.17 bits per heavy atom. The molecule has 0 unspecified atom stereocenters. The van der Waals surface area contributed by atoms with E-state index in [1.54, 1.807) is 6.07 Å². The maximum atomic E-state index is 9.11. The predicted octanol–water partition coefficient (Wildman–Crippen LogP) is 1.38. The number of aryl methyl sites for hydroxylation is 2.